The lowest BCUT2D eigenvalue weighted by Gasteiger charge is -2.16. The van der Waals surface area contributed by atoms with Crippen molar-refractivity contribution >= 4 is 22.7 Å². The molecule has 1 heterocycles. The molecule has 1 aliphatic rings. The molecular weight excluding hydrogens is 370 g/mol. The SMILES string of the molecule is Cc1cc(COc2cccc(C3(C(N)=O)CC3C(=O)NO)c2)c2ccccc2n1. The van der Waals surface area contributed by atoms with Crippen molar-refractivity contribution < 1.29 is 19.5 Å². The van der Waals surface area contributed by atoms with Crippen molar-refractivity contribution in [2.45, 2.75) is 25.4 Å². The van der Waals surface area contributed by atoms with E-state index in [2.05, 4.69) is 4.98 Å². The first kappa shape index (κ1) is 18.9. The molecule has 1 saturated carbocycles. The first-order chi connectivity index (χ1) is 14.0. The molecule has 4 rings (SSSR count). The highest BCUT2D eigenvalue weighted by atomic mass is 16.5. The predicted molar refractivity (Wildman–Crippen MR) is 106 cm³/mol. The van der Waals surface area contributed by atoms with Crippen LogP contribution in [0.3, 0.4) is 0 Å². The minimum absolute atomic E-state index is 0.256. The van der Waals surface area contributed by atoms with Gasteiger partial charge in [0.05, 0.1) is 16.8 Å². The predicted octanol–water partition coefficient (Wildman–Crippen LogP) is 2.37. The molecule has 0 radical (unpaired) electrons. The van der Waals surface area contributed by atoms with Gasteiger partial charge < -0.3 is 10.5 Å². The largest absolute Gasteiger partial charge is 0.489 e. The summed E-state index contributed by atoms with van der Waals surface area (Å²) >= 11 is 0. The molecule has 2 amide bonds. The number of para-hydroxylation sites is 1. The average Bonchev–Trinajstić information content (AvgIpc) is 3.49. The molecular formula is C22H21N3O4. The maximum atomic E-state index is 12.1. The Kier molecular flexibility index (Phi) is 4.68. The topological polar surface area (TPSA) is 115 Å². The maximum Gasteiger partial charge on any atom is 0.247 e. The lowest BCUT2D eigenvalue weighted by atomic mass is 9.92. The van der Waals surface area contributed by atoms with Gasteiger partial charge in [0.15, 0.2) is 0 Å². The zero-order chi connectivity index (χ0) is 20.6. The number of amides is 2. The third-order valence-corrected chi connectivity index (χ3v) is 5.50. The van der Waals surface area contributed by atoms with Crippen LogP contribution in [-0.2, 0) is 21.6 Å². The smallest absolute Gasteiger partial charge is 0.247 e. The van der Waals surface area contributed by atoms with Crippen molar-refractivity contribution in [1.82, 2.24) is 10.5 Å². The molecule has 2 unspecified atom stereocenters. The molecule has 29 heavy (non-hydrogen) atoms. The van der Waals surface area contributed by atoms with Crippen molar-refractivity contribution in [3.05, 3.63) is 71.4 Å². The van der Waals surface area contributed by atoms with Crippen LogP contribution < -0.4 is 16.0 Å². The second-order valence-corrected chi connectivity index (χ2v) is 7.32. The van der Waals surface area contributed by atoms with Crippen LogP contribution in [0.15, 0.2) is 54.6 Å². The summed E-state index contributed by atoms with van der Waals surface area (Å²) < 4.78 is 5.99. The van der Waals surface area contributed by atoms with Crippen LogP contribution in [0.5, 0.6) is 5.75 Å². The van der Waals surface area contributed by atoms with Gasteiger partial charge in [0.1, 0.15) is 12.4 Å². The number of benzene rings is 2. The molecule has 7 nitrogen and oxygen atoms in total. The van der Waals surface area contributed by atoms with E-state index < -0.39 is 23.1 Å². The summed E-state index contributed by atoms with van der Waals surface area (Å²) in [7, 11) is 0. The zero-order valence-electron chi connectivity index (χ0n) is 15.9. The lowest BCUT2D eigenvalue weighted by Crippen LogP contribution is -2.35. The minimum Gasteiger partial charge on any atom is -0.489 e. The number of fused-ring (bicyclic) bond motifs is 1. The maximum absolute atomic E-state index is 12.1. The number of aromatic nitrogens is 1. The molecule has 0 saturated heterocycles. The summed E-state index contributed by atoms with van der Waals surface area (Å²) in [6.45, 7) is 2.27. The third-order valence-electron chi connectivity index (χ3n) is 5.50. The number of carbonyl (C=O) groups is 2. The molecule has 1 aromatic heterocycles. The first-order valence-electron chi connectivity index (χ1n) is 9.28. The number of nitrogens with one attached hydrogen (secondary N) is 1. The first-order valence-corrected chi connectivity index (χ1v) is 9.28. The van der Waals surface area contributed by atoms with E-state index in [4.69, 9.17) is 15.7 Å². The fraction of sp³-hybridized carbons (Fsp3) is 0.227. The standard InChI is InChI=1S/C22H21N3O4/c1-13-9-14(17-7-2-3-8-19(17)24-13)12-29-16-6-4-5-15(10-16)22(21(23)27)11-18(22)20(26)25-28/h2-10,18,28H,11-12H2,1H3,(H2,23,27)(H,25,26). The Morgan fingerprint density at radius 3 is 2.79 bits per heavy atom. The van der Waals surface area contributed by atoms with Gasteiger partial charge in [0.25, 0.3) is 0 Å². The molecule has 3 aromatic rings. The van der Waals surface area contributed by atoms with E-state index in [0.29, 0.717) is 17.9 Å². The average molecular weight is 391 g/mol. The Balaban J connectivity index is 1.60. The van der Waals surface area contributed by atoms with E-state index in [-0.39, 0.29) is 6.42 Å². The van der Waals surface area contributed by atoms with Crippen molar-refractivity contribution in [3.63, 3.8) is 0 Å². The van der Waals surface area contributed by atoms with Crippen molar-refractivity contribution in [3.8, 4) is 5.75 Å². The quantitative estimate of drug-likeness (QED) is 0.441. The van der Waals surface area contributed by atoms with E-state index in [1.165, 1.54) is 0 Å². The van der Waals surface area contributed by atoms with Crippen LogP contribution in [0.4, 0.5) is 0 Å². The Bertz CT molecular complexity index is 1110. The molecule has 4 N–H and O–H groups in total. The zero-order valence-corrected chi connectivity index (χ0v) is 15.9. The molecule has 7 heteroatoms. The van der Waals surface area contributed by atoms with Crippen LogP contribution in [-0.4, -0.2) is 22.0 Å². The Morgan fingerprint density at radius 2 is 2.03 bits per heavy atom. The van der Waals surface area contributed by atoms with Gasteiger partial charge in [-0.1, -0.05) is 30.3 Å². The number of nitrogens with zero attached hydrogens (tertiary/aromatic N) is 1. The molecule has 2 aromatic carbocycles. The molecule has 1 aliphatic carbocycles. The number of pyridine rings is 1. The van der Waals surface area contributed by atoms with Gasteiger partial charge in [0.2, 0.25) is 11.8 Å². The molecule has 0 bridgehead atoms. The van der Waals surface area contributed by atoms with E-state index in [0.717, 1.165) is 22.2 Å². The van der Waals surface area contributed by atoms with Crippen molar-refractivity contribution in [2.24, 2.45) is 11.7 Å². The minimum atomic E-state index is -1.12. The number of nitrogens with two attached hydrogens (primary N) is 1. The highest BCUT2D eigenvalue weighted by Crippen LogP contribution is 2.54. The van der Waals surface area contributed by atoms with Crippen molar-refractivity contribution in [1.29, 1.82) is 0 Å². The van der Waals surface area contributed by atoms with Gasteiger partial charge in [0, 0.05) is 16.6 Å². The summed E-state index contributed by atoms with van der Waals surface area (Å²) in [5.74, 6) is -1.34. The summed E-state index contributed by atoms with van der Waals surface area (Å²) in [6, 6.07) is 16.9. The molecule has 148 valence electrons. The van der Waals surface area contributed by atoms with E-state index in [1.807, 2.05) is 37.3 Å². The van der Waals surface area contributed by atoms with E-state index in [9.17, 15) is 9.59 Å². The lowest BCUT2D eigenvalue weighted by molar-refractivity contribution is -0.132. The van der Waals surface area contributed by atoms with Crippen molar-refractivity contribution in [2.75, 3.05) is 0 Å². The van der Waals surface area contributed by atoms with Crippen LogP contribution in [0.25, 0.3) is 10.9 Å². The molecule has 0 aliphatic heterocycles. The Morgan fingerprint density at radius 1 is 1.24 bits per heavy atom. The van der Waals surface area contributed by atoms with Crippen LogP contribution in [0.1, 0.15) is 23.2 Å². The molecule has 0 spiro atoms. The second-order valence-electron chi connectivity index (χ2n) is 7.32. The molecule has 1 fully saturated rings. The Labute approximate surface area is 167 Å². The second kappa shape index (κ2) is 7.18. The highest BCUT2D eigenvalue weighted by Gasteiger charge is 2.63. The van der Waals surface area contributed by atoms with Gasteiger partial charge in [-0.05, 0) is 43.2 Å². The number of hydrogen-bond acceptors (Lipinski definition) is 5. The number of rotatable bonds is 6. The number of ether oxygens (including phenoxy) is 1. The summed E-state index contributed by atoms with van der Waals surface area (Å²) in [5.41, 5.74) is 9.50. The highest BCUT2D eigenvalue weighted by molar-refractivity contribution is 5.99. The van der Waals surface area contributed by atoms with Crippen LogP contribution >= 0.6 is 0 Å². The van der Waals surface area contributed by atoms with Gasteiger partial charge in [-0.2, -0.15) is 0 Å². The van der Waals surface area contributed by atoms with Gasteiger partial charge in [-0.15, -0.1) is 0 Å². The van der Waals surface area contributed by atoms with Gasteiger partial charge >= 0.3 is 0 Å². The number of hydroxylamine groups is 1. The Hall–Kier alpha value is -3.45. The van der Waals surface area contributed by atoms with Gasteiger partial charge in [-0.3, -0.25) is 19.8 Å². The summed E-state index contributed by atoms with van der Waals surface area (Å²) in [6.07, 6.45) is 0.256. The van der Waals surface area contributed by atoms with Gasteiger partial charge in [-0.25, -0.2) is 5.48 Å². The summed E-state index contributed by atoms with van der Waals surface area (Å²) in [5, 5.41) is 9.92. The fourth-order valence-electron chi connectivity index (χ4n) is 3.93. The van der Waals surface area contributed by atoms with Crippen LogP contribution in [0, 0.1) is 12.8 Å². The van der Waals surface area contributed by atoms with Crippen LogP contribution in [0.2, 0.25) is 0 Å². The monoisotopic (exact) mass is 391 g/mol. The number of hydrogen-bond donors (Lipinski definition) is 3. The third kappa shape index (κ3) is 3.30. The van der Waals surface area contributed by atoms with E-state index >= 15 is 0 Å². The number of carbonyl (C=O) groups excluding carboxylic acids is 2. The summed E-state index contributed by atoms with van der Waals surface area (Å²) in [4.78, 5) is 28.4. The fourth-order valence-corrected chi connectivity index (χ4v) is 3.93. The molecule has 2 atom stereocenters. The normalized spacial score (nSPS) is 20.3. The number of aryl methyl sites for hydroxylation is 1. The number of primary amides is 1. The van der Waals surface area contributed by atoms with E-state index in [1.54, 1.807) is 29.7 Å².